The largest absolute Gasteiger partial charge is 0.380 e. The van der Waals surface area contributed by atoms with Gasteiger partial charge in [0.1, 0.15) is 0 Å². The third kappa shape index (κ3) is 2.37. The van der Waals surface area contributed by atoms with Crippen LogP contribution in [0, 0.1) is 0 Å². The minimum atomic E-state index is 0.867. The van der Waals surface area contributed by atoms with Crippen LogP contribution in [0.4, 0.5) is 5.69 Å². The summed E-state index contributed by atoms with van der Waals surface area (Å²) in [5.41, 5.74) is 2.33. The average Bonchev–Trinajstić information content (AvgIpc) is 2.94. The molecule has 0 saturated heterocycles. The van der Waals surface area contributed by atoms with Crippen LogP contribution in [0.1, 0.15) is 4.88 Å². The maximum absolute atomic E-state index is 3.46. The first-order valence-corrected chi connectivity index (χ1v) is 7.02. The monoisotopic (exact) mass is 306 g/mol. The summed E-state index contributed by atoms with van der Waals surface area (Å²) in [6, 6.07) is 10.6. The number of hydrogen-bond donors (Lipinski definition) is 2. The van der Waals surface area contributed by atoms with Crippen LogP contribution in [0.3, 0.4) is 0 Å². The van der Waals surface area contributed by atoms with Gasteiger partial charge in [-0.05, 0) is 46.3 Å². The van der Waals surface area contributed by atoms with E-state index in [9.17, 15) is 0 Å². The summed E-state index contributed by atoms with van der Waals surface area (Å²) in [5, 5.41) is 6.77. The van der Waals surface area contributed by atoms with Gasteiger partial charge in [-0.3, -0.25) is 0 Å². The van der Waals surface area contributed by atoms with Crippen molar-refractivity contribution in [1.29, 1.82) is 0 Å². The van der Waals surface area contributed by atoms with Crippen molar-refractivity contribution in [3.63, 3.8) is 0 Å². The van der Waals surface area contributed by atoms with Gasteiger partial charge in [-0.15, -0.1) is 11.3 Å². The van der Waals surface area contributed by atoms with Gasteiger partial charge in [0, 0.05) is 44.1 Å². The van der Waals surface area contributed by atoms with Gasteiger partial charge >= 0.3 is 0 Å². The van der Waals surface area contributed by atoms with Crippen LogP contribution in [0.15, 0.2) is 46.4 Å². The molecule has 3 rings (SSSR count). The molecule has 1 aromatic carbocycles. The zero-order valence-corrected chi connectivity index (χ0v) is 11.4. The lowest BCUT2D eigenvalue weighted by Crippen LogP contribution is -1.96. The minimum Gasteiger partial charge on any atom is -0.380 e. The Balaban J connectivity index is 1.76. The summed E-state index contributed by atoms with van der Waals surface area (Å²) < 4.78 is 1.15. The molecule has 0 amide bonds. The zero-order chi connectivity index (χ0) is 11.7. The number of anilines is 1. The number of aromatic nitrogens is 1. The molecule has 0 unspecified atom stereocenters. The van der Waals surface area contributed by atoms with Crippen LogP contribution in [0.25, 0.3) is 10.9 Å². The first-order chi connectivity index (χ1) is 8.31. The first-order valence-electron chi connectivity index (χ1n) is 5.35. The lowest BCUT2D eigenvalue weighted by molar-refractivity contribution is 1.19. The molecule has 2 heterocycles. The maximum Gasteiger partial charge on any atom is 0.0494 e. The number of rotatable bonds is 3. The molecule has 2 N–H and O–H groups in total. The summed E-state index contributed by atoms with van der Waals surface area (Å²) in [7, 11) is 0. The third-order valence-corrected chi connectivity index (χ3v) is 4.34. The second-order valence-corrected chi connectivity index (χ2v) is 5.78. The fourth-order valence-corrected chi connectivity index (χ4v) is 3.19. The molecule has 3 aromatic rings. The number of H-pyrrole nitrogens is 1. The Hall–Kier alpha value is -1.26. The molecule has 0 bridgehead atoms. The average molecular weight is 307 g/mol. The second kappa shape index (κ2) is 4.55. The van der Waals surface area contributed by atoms with Gasteiger partial charge < -0.3 is 10.3 Å². The van der Waals surface area contributed by atoms with E-state index < -0.39 is 0 Å². The van der Waals surface area contributed by atoms with Crippen LogP contribution in [0.5, 0.6) is 0 Å². The van der Waals surface area contributed by atoms with E-state index in [1.807, 2.05) is 6.20 Å². The summed E-state index contributed by atoms with van der Waals surface area (Å²) in [6.45, 7) is 0.867. The number of nitrogens with one attached hydrogen (secondary N) is 2. The number of halogens is 1. The van der Waals surface area contributed by atoms with Crippen molar-refractivity contribution < 1.29 is 0 Å². The predicted molar refractivity (Wildman–Crippen MR) is 77.6 cm³/mol. The van der Waals surface area contributed by atoms with Gasteiger partial charge in [0.15, 0.2) is 0 Å². The smallest absolute Gasteiger partial charge is 0.0494 e. The Morgan fingerprint density at radius 3 is 3.00 bits per heavy atom. The van der Waals surface area contributed by atoms with Crippen LogP contribution < -0.4 is 5.32 Å². The van der Waals surface area contributed by atoms with Crippen molar-refractivity contribution in [1.82, 2.24) is 4.98 Å². The van der Waals surface area contributed by atoms with E-state index in [2.05, 4.69) is 61.9 Å². The van der Waals surface area contributed by atoms with E-state index in [1.165, 1.54) is 15.8 Å². The van der Waals surface area contributed by atoms with E-state index in [0.717, 1.165) is 16.7 Å². The van der Waals surface area contributed by atoms with E-state index in [4.69, 9.17) is 0 Å². The van der Waals surface area contributed by atoms with Gasteiger partial charge in [0.05, 0.1) is 0 Å². The molecule has 0 aliphatic carbocycles. The van der Waals surface area contributed by atoms with E-state index >= 15 is 0 Å². The molecule has 2 nitrogen and oxygen atoms in total. The SMILES string of the molecule is Brc1csc(CNc2ccc3[nH]ccc3c2)c1. The Morgan fingerprint density at radius 1 is 1.24 bits per heavy atom. The van der Waals surface area contributed by atoms with Gasteiger partial charge in [0.25, 0.3) is 0 Å². The quantitative estimate of drug-likeness (QED) is 0.727. The topological polar surface area (TPSA) is 27.8 Å². The van der Waals surface area contributed by atoms with Crippen molar-refractivity contribution >= 4 is 43.9 Å². The Labute approximate surface area is 112 Å². The van der Waals surface area contributed by atoms with Gasteiger partial charge in [-0.1, -0.05) is 0 Å². The molecule has 4 heteroatoms. The Bertz CT molecular complexity index is 641. The molecule has 86 valence electrons. The molecular weight excluding hydrogens is 296 g/mol. The second-order valence-electron chi connectivity index (χ2n) is 3.86. The lowest BCUT2D eigenvalue weighted by atomic mass is 10.2. The number of aromatic amines is 1. The molecule has 17 heavy (non-hydrogen) atoms. The standard InChI is InChI=1S/C13H11BrN2S/c14-10-6-12(17-8-10)7-16-11-1-2-13-9(5-11)3-4-15-13/h1-6,8,15-16H,7H2. The van der Waals surface area contributed by atoms with Crippen molar-refractivity contribution in [2.45, 2.75) is 6.54 Å². The number of fused-ring (bicyclic) bond motifs is 1. The van der Waals surface area contributed by atoms with Crippen molar-refractivity contribution in [3.05, 3.63) is 51.3 Å². The highest BCUT2D eigenvalue weighted by molar-refractivity contribution is 9.10. The van der Waals surface area contributed by atoms with E-state index in [1.54, 1.807) is 11.3 Å². The van der Waals surface area contributed by atoms with Gasteiger partial charge in [-0.25, -0.2) is 0 Å². The van der Waals surface area contributed by atoms with Crippen LogP contribution in [-0.2, 0) is 6.54 Å². The highest BCUT2D eigenvalue weighted by atomic mass is 79.9. The Kier molecular flexibility index (Phi) is 2.91. The molecule has 0 saturated carbocycles. The number of benzene rings is 1. The van der Waals surface area contributed by atoms with E-state index in [0.29, 0.717) is 0 Å². The third-order valence-electron chi connectivity index (χ3n) is 2.64. The minimum absolute atomic E-state index is 0.867. The predicted octanol–water partition coefficient (Wildman–Crippen LogP) is 4.60. The van der Waals surface area contributed by atoms with Gasteiger partial charge in [-0.2, -0.15) is 0 Å². The molecular formula is C13H11BrN2S. The van der Waals surface area contributed by atoms with Crippen LogP contribution in [-0.4, -0.2) is 4.98 Å². The van der Waals surface area contributed by atoms with Gasteiger partial charge in [0.2, 0.25) is 0 Å². The maximum atomic E-state index is 3.46. The fraction of sp³-hybridized carbons (Fsp3) is 0.0769. The lowest BCUT2D eigenvalue weighted by Gasteiger charge is -2.04. The molecule has 0 radical (unpaired) electrons. The molecule has 0 atom stereocenters. The van der Waals surface area contributed by atoms with E-state index in [-0.39, 0.29) is 0 Å². The number of thiophene rings is 1. The fourth-order valence-electron chi connectivity index (χ4n) is 1.80. The van der Waals surface area contributed by atoms with Crippen LogP contribution in [0.2, 0.25) is 0 Å². The number of hydrogen-bond acceptors (Lipinski definition) is 2. The molecule has 0 aliphatic rings. The van der Waals surface area contributed by atoms with Crippen LogP contribution >= 0.6 is 27.3 Å². The van der Waals surface area contributed by atoms with Crippen molar-refractivity contribution in [2.24, 2.45) is 0 Å². The summed E-state index contributed by atoms with van der Waals surface area (Å²) in [5.74, 6) is 0. The summed E-state index contributed by atoms with van der Waals surface area (Å²) in [4.78, 5) is 4.52. The molecule has 0 spiro atoms. The molecule has 0 aliphatic heterocycles. The molecule has 2 aromatic heterocycles. The van der Waals surface area contributed by atoms with Crippen molar-refractivity contribution in [2.75, 3.05) is 5.32 Å². The first kappa shape index (κ1) is 10.9. The van der Waals surface area contributed by atoms with Crippen molar-refractivity contribution in [3.8, 4) is 0 Å². The summed E-state index contributed by atoms with van der Waals surface area (Å²) >= 11 is 5.22. The molecule has 0 fully saturated rings. The Morgan fingerprint density at radius 2 is 2.18 bits per heavy atom. The normalized spacial score (nSPS) is 10.9. The highest BCUT2D eigenvalue weighted by Gasteiger charge is 1.99. The summed E-state index contributed by atoms with van der Waals surface area (Å²) in [6.07, 6.45) is 1.96. The highest BCUT2D eigenvalue weighted by Crippen LogP contribution is 2.22. The zero-order valence-electron chi connectivity index (χ0n) is 9.03.